The lowest BCUT2D eigenvalue weighted by atomic mass is 9.92. The number of likely N-dealkylation sites (N-methyl/N-ethyl adjacent to an activating group) is 1. The molecule has 1 rings (SSSR count). The van der Waals surface area contributed by atoms with Crippen LogP contribution in [0.2, 0.25) is 0 Å². The van der Waals surface area contributed by atoms with E-state index < -0.39 is 5.54 Å². The maximum absolute atomic E-state index is 12.1. The molecule has 3 nitrogen and oxygen atoms in total. The molecule has 1 aliphatic rings. The van der Waals surface area contributed by atoms with E-state index in [4.69, 9.17) is 5.73 Å². The van der Waals surface area contributed by atoms with Gasteiger partial charge < -0.3 is 10.6 Å². The average molecular weight is 212 g/mol. The van der Waals surface area contributed by atoms with Crippen molar-refractivity contribution in [3.05, 3.63) is 0 Å². The molecular formula is C12H24N2O. The van der Waals surface area contributed by atoms with Gasteiger partial charge in [-0.15, -0.1) is 0 Å². The van der Waals surface area contributed by atoms with Crippen molar-refractivity contribution < 1.29 is 4.79 Å². The van der Waals surface area contributed by atoms with E-state index >= 15 is 0 Å². The number of nitrogens with zero attached hydrogens (tertiary/aromatic N) is 1. The molecular weight excluding hydrogens is 188 g/mol. The van der Waals surface area contributed by atoms with Gasteiger partial charge >= 0.3 is 0 Å². The van der Waals surface area contributed by atoms with Crippen LogP contribution in [0.1, 0.15) is 40.0 Å². The van der Waals surface area contributed by atoms with Crippen molar-refractivity contribution in [2.45, 2.75) is 45.6 Å². The van der Waals surface area contributed by atoms with Crippen molar-refractivity contribution in [2.75, 3.05) is 13.6 Å². The van der Waals surface area contributed by atoms with E-state index in [2.05, 4.69) is 6.92 Å². The van der Waals surface area contributed by atoms with Crippen molar-refractivity contribution in [1.29, 1.82) is 0 Å². The molecule has 1 amide bonds. The number of nitrogens with two attached hydrogens (primary N) is 1. The standard InChI is InChI=1S/C12H24N2O/c1-5-12(13,6-2)11(15)14(4)8-10-7-9(10)3/h9-10H,5-8,13H2,1-4H3. The summed E-state index contributed by atoms with van der Waals surface area (Å²) in [7, 11) is 1.88. The summed E-state index contributed by atoms with van der Waals surface area (Å²) in [5.41, 5.74) is 5.43. The SMILES string of the molecule is CCC(N)(CC)C(=O)N(C)CC1CC1C. The lowest BCUT2D eigenvalue weighted by Gasteiger charge is -2.30. The zero-order valence-electron chi connectivity index (χ0n) is 10.4. The summed E-state index contributed by atoms with van der Waals surface area (Å²) in [6, 6.07) is 0. The summed E-state index contributed by atoms with van der Waals surface area (Å²) in [6.45, 7) is 7.07. The Morgan fingerprint density at radius 1 is 1.47 bits per heavy atom. The van der Waals surface area contributed by atoms with Gasteiger partial charge in [-0.2, -0.15) is 0 Å². The predicted molar refractivity (Wildman–Crippen MR) is 62.4 cm³/mol. The monoisotopic (exact) mass is 212 g/mol. The van der Waals surface area contributed by atoms with E-state index in [1.807, 2.05) is 25.8 Å². The van der Waals surface area contributed by atoms with Crippen LogP contribution < -0.4 is 5.73 Å². The van der Waals surface area contributed by atoms with Gasteiger partial charge in [-0.05, 0) is 31.1 Å². The molecule has 0 spiro atoms. The van der Waals surface area contributed by atoms with Crippen LogP contribution in [-0.2, 0) is 4.79 Å². The van der Waals surface area contributed by atoms with Gasteiger partial charge in [-0.25, -0.2) is 0 Å². The zero-order valence-corrected chi connectivity index (χ0v) is 10.4. The fourth-order valence-corrected chi connectivity index (χ4v) is 2.02. The highest BCUT2D eigenvalue weighted by Gasteiger charge is 2.38. The molecule has 0 bridgehead atoms. The number of rotatable bonds is 5. The van der Waals surface area contributed by atoms with Crippen molar-refractivity contribution in [2.24, 2.45) is 17.6 Å². The van der Waals surface area contributed by atoms with Crippen LogP contribution in [0.3, 0.4) is 0 Å². The molecule has 0 aliphatic heterocycles. The molecule has 0 heterocycles. The van der Waals surface area contributed by atoms with Gasteiger partial charge in [0, 0.05) is 13.6 Å². The molecule has 2 N–H and O–H groups in total. The van der Waals surface area contributed by atoms with Crippen LogP contribution >= 0.6 is 0 Å². The van der Waals surface area contributed by atoms with Crippen LogP contribution in [0.15, 0.2) is 0 Å². The molecule has 1 aliphatic carbocycles. The Kier molecular flexibility index (Phi) is 3.77. The Bertz CT molecular complexity index is 236. The quantitative estimate of drug-likeness (QED) is 0.752. The van der Waals surface area contributed by atoms with Crippen molar-refractivity contribution >= 4 is 5.91 Å². The molecule has 0 aromatic rings. The third-order valence-electron chi connectivity index (χ3n) is 3.82. The van der Waals surface area contributed by atoms with Crippen LogP contribution in [0, 0.1) is 11.8 Å². The highest BCUT2D eigenvalue weighted by molar-refractivity contribution is 5.85. The Balaban J connectivity index is 2.50. The molecule has 0 aromatic carbocycles. The highest BCUT2D eigenvalue weighted by Crippen LogP contribution is 2.38. The fourth-order valence-electron chi connectivity index (χ4n) is 2.02. The molecule has 2 atom stereocenters. The first kappa shape index (κ1) is 12.5. The fraction of sp³-hybridized carbons (Fsp3) is 0.917. The predicted octanol–water partition coefficient (Wildman–Crippen LogP) is 1.62. The number of hydrogen-bond acceptors (Lipinski definition) is 2. The summed E-state index contributed by atoms with van der Waals surface area (Å²) in [4.78, 5) is 13.9. The second-order valence-electron chi connectivity index (χ2n) is 5.02. The Labute approximate surface area is 93.0 Å². The second-order valence-corrected chi connectivity index (χ2v) is 5.02. The highest BCUT2D eigenvalue weighted by atomic mass is 16.2. The van der Waals surface area contributed by atoms with Gasteiger partial charge in [-0.1, -0.05) is 20.8 Å². The molecule has 88 valence electrons. The van der Waals surface area contributed by atoms with Gasteiger partial charge in [-0.3, -0.25) is 4.79 Å². The largest absolute Gasteiger partial charge is 0.344 e. The second kappa shape index (κ2) is 4.52. The number of amides is 1. The minimum absolute atomic E-state index is 0.103. The molecule has 1 fully saturated rings. The Hall–Kier alpha value is -0.570. The third kappa shape index (κ3) is 2.71. The summed E-state index contributed by atoms with van der Waals surface area (Å²) in [5, 5.41) is 0. The molecule has 2 unspecified atom stereocenters. The first-order valence-electron chi connectivity index (χ1n) is 5.99. The van der Waals surface area contributed by atoms with Gasteiger partial charge in [0.15, 0.2) is 0 Å². The van der Waals surface area contributed by atoms with Crippen LogP contribution in [0.5, 0.6) is 0 Å². The number of carbonyl (C=O) groups is 1. The maximum atomic E-state index is 12.1. The lowest BCUT2D eigenvalue weighted by Crippen LogP contribution is -2.54. The summed E-state index contributed by atoms with van der Waals surface area (Å²) in [6.07, 6.45) is 2.69. The van der Waals surface area contributed by atoms with Crippen LogP contribution in [0.25, 0.3) is 0 Å². The topological polar surface area (TPSA) is 46.3 Å². The molecule has 0 radical (unpaired) electrons. The average Bonchev–Trinajstić information content (AvgIpc) is 2.91. The van der Waals surface area contributed by atoms with E-state index in [1.54, 1.807) is 0 Å². The minimum atomic E-state index is -0.646. The molecule has 0 aromatic heterocycles. The zero-order chi connectivity index (χ0) is 11.6. The molecule has 3 heteroatoms. The first-order valence-corrected chi connectivity index (χ1v) is 5.99. The lowest BCUT2D eigenvalue weighted by molar-refractivity contribution is -0.136. The van der Waals surface area contributed by atoms with Crippen LogP contribution in [-0.4, -0.2) is 29.9 Å². The van der Waals surface area contributed by atoms with Crippen molar-refractivity contribution in [1.82, 2.24) is 4.90 Å². The van der Waals surface area contributed by atoms with Crippen molar-refractivity contribution in [3.8, 4) is 0 Å². The van der Waals surface area contributed by atoms with E-state index in [1.165, 1.54) is 6.42 Å². The van der Waals surface area contributed by atoms with E-state index in [9.17, 15) is 4.79 Å². The first-order chi connectivity index (χ1) is 6.94. The van der Waals surface area contributed by atoms with Gasteiger partial charge in [0.25, 0.3) is 0 Å². The normalized spacial score (nSPS) is 25.1. The number of hydrogen-bond donors (Lipinski definition) is 1. The van der Waals surface area contributed by atoms with E-state index in [0.717, 1.165) is 12.5 Å². The smallest absolute Gasteiger partial charge is 0.242 e. The van der Waals surface area contributed by atoms with E-state index in [-0.39, 0.29) is 5.91 Å². The van der Waals surface area contributed by atoms with Gasteiger partial charge in [0.1, 0.15) is 0 Å². The Morgan fingerprint density at radius 3 is 2.27 bits per heavy atom. The van der Waals surface area contributed by atoms with Crippen molar-refractivity contribution in [3.63, 3.8) is 0 Å². The van der Waals surface area contributed by atoms with Gasteiger partial charge in [0.2, 0.25) is 5.91 Å². The van der Waals surface area contributed by atoms with E-state index in [0.29, 0.717) is 18.8 Å². The third-order valence-corrected chi connectivity index (χ3v) is 3.82. The summed E-state index contributed by atoms with van der Waals surface area (Å²) in [5.74, 6) is 1.60. The maximum Gasteiger partial charge on any atom is 0.242 e. The number of carbonyl (C=O) groups excluding carboxylic acids is 1. The Morgan fingerprint density at radius 2 is 1.93 bits per heavy atom. The van der Waals surface area contributed by atoms with Crippen LogP contribution in [0.4, 0.5) is 0 Å². The summed E-state index contributed by atoms with van der Waals surface area (Å²) >= 11 is 0. The molecule has 0 saturated heterocycles. The minimum Gasteiger partial charge on any atom is -0.344 e. The van der Waals surface area contributed by atoms with Gasteiger partial charge in [0.05, 0.1) is 5.54 Å². The molecule has 15 heavy (non-hydrogen) atoms. The molecule has 1 saturated carbocycles. The summed E-state index contributed by atoms with van der Waals surface area (Å²) < 4.78 is 0.